The lowest BCUT2D eigenvalue weighted by Gasteiger charge is -2.24. The van der Waals surface area contributed by atoms with E-state index in [9.17, 15) is 19.0 Å². The summed E-state index contributed by atoms with van der Waals surface area (Å²) in [5, 5.41) is 0. The van der Waals surface area contributed by atoms with Crippen LogP contribution in [0.25, 0.3) is 0 Å². The van der Waals surface area contributed by atoms with Crippen molar-refractivity contribution in [3.63, 3.8) is 0 Å². The molecule has 0 aliphatic carbocycles. The molecule has 55 heavy (non-hydrogen) atoms. The number of ether oxygens (including phenoxy) is 2. The van der Waals surface area contributed by atoms with Gasteiger partial charge in [0, 0.05) is 12.8 Å². The summed E-state index contributed by atoms with van der Waals surface area (Å²) in [6.45, 7) is 4.41. The van der Waals surface area contributed by atoms with Crippen LogP contribution in [0.5, 0.6) is 0 Å². The summed E-state index contributed by atoms with van der Waals surface area (Å²) >= 11 is 0. The lowest BCUT2D eigenvalue weighted by Crippen LogP contribution is -2.37. The van der Waals surface area contributed by atoms with Crippen LogP contribution in [0.2, 0.25) is 0 Å². The number of allylic oxidation sites excluding steroid dienone is 4. The molecule has 0 saturated carbocycles. The highest BCUT2D eigenvalue weighted by Crippen LogP contribution is 2.43. The molecule has 0 aliphatic heterocycles. The Bertz CT molecular complexity index is 996. The summed E-state index contributed by atoms with van der Waals surface area (Å²) in [6, 6.07) is 0. The molecular weight excluding hydrogens is 713 g/mol. The van der Waals surface area contributed by atoms with Gasteiger partial charge in [0.25, 0.3) is 0 Å². The molecule has 1 N–H and O–H groups in total. The number of phosphoric ester groups is 1. The maximum atomic E-state index is 12.7. The van der Waals surface area contributed by atoms with Crippen molar-refractivity contribution in [1.82, 2.24) is 0 Å². The minimum atomic E-state index is -4.37. The summed E-state index contributed by atoms with van der Waals surface area (Å²) in [4.78, 5) is 35.4. The summed E-state index contributed by atoms with van der Waals surface area (Å²) < 4.78 is 34.3. The van der Waals surface area contributed by atoms with E-state index in [2.05, 4.69) is 38.2 Å². The van der Waals surface area contributed by atoms with Crippen molar-refractivity contribution < 1.29 is 42.1 Å². The predicted molar refractivity (Wildman–Crippen MR) is 229 cm³/mol. The molecular formula is C45H87NO8P+. The van der Waals surface area contributed by atoms with Gasteiger partial charge in [-0.15, -0.1) is 0 Å². The maximum absolute atomic E-state index is 12.7. The number of quaternary nitrogens is 1. The third-order valence-electron chi connectivity index (χ3n) is 9.70. The van der Waals surface area contributed by atoms with Gasteiger partial charge in [0.2, 0.25) is 0 Å². The van der Waals surface area contributed by atoms with Gasteiger partial charge in [-0.3, -0.25) is 18.6 Å². The normalized spacial score (nSPS) is 13.8. The van der Waals surface area contributed by atoms with Gasteiger partial charge in [-0.1, -0.05) is 147 Å². The van der Waals surface area contributed by atoms with Gasteiger partial charge in [0.1, 0.15) is 19.8 Å². The van der Waals surface area contributed by atoms with E-state index in [1.165, 1.54) is 103 Å². The summed E-state index contributed by atoms with van der Waals surface area (Å²) in [7, 11) is 1.47. The molecule has 0 fully saturated rings. The first-order valence-electron chi connectivity index (χ1n) is 22.6. The quantitative estimate of drug-likeness (QED) is 0.0214. The van der Waals surface area contributed by atoms with Crippen molar-refractivity contribution in [3.8, 4) is 0 Å². The minimum absolute atomic E-state index is 0.0307. The number of esters is 2. The van der Waals surface area contributed by atoms with Crippen LogP contribution in [-0.2, 0) is 32.7 Å². The molecule has 9 nitrogen and oxygen atoms in total. The van der Waals surface area contributed by atoms with E-state index in [1.54, 1.807) is 0 Å². The van der Waals surface area contributed by atoms with Crippen LogP contribution in [0.1, 0.15) is 200 Å². The highest BCUT2D eigenvalue weighted by Gasteiger charge is 2.27. The van der Waals surface area contributed by atoms with Gasteiger partial charge in [-0.25, -0.2) is 4.57 Å². The number of carbonyl (C=O) groups is 2. The Morgan fingerprint density at radius 2 is 0.927 bits per heavy atom. The van der Waals surface area contributed by atoms with E-state index in [4.69, 9.17) is 18.5 Å². The average Bonchev–Trinajstić information content (AvgIpc) is 3.13. The largest absolute Gasteiger partial charge is 0.472 e. The Morgan fingerprint density at radius 1 is 0.545 bits per heavy atom. The zero-order chi connectivity index (χ0) is 40.7. The van der Waals surface area contributed by atoms with E-state index in [1.807, 2.05) is 21.1 Å². The number of nitrogens with zero attached hydrogens (tertiary/aromatic N) is 1. The number of phosphoric acid groups is 1. The third kappa shape index (κ3) is 41.9. The van der Waals surface area contributed by atoms with Crippen LogP contribution in [0.4, 0.5) is 0 Å². The number of hydrogen-bond acceptors (Lipinski definition) is 7. The minimum Gasteiger partial charge on any atom is -0.462 e. The fourth-order valence-corrected chi connectivity index (χ4v) is 6.86. The molecule has 0 saturated heterocycles. The number of unbranched alkanes of at least 4 members (excludes halogenated alkanes) is 23. The Labute approximate surface area is 339 Å². The first-order chi connectivity index (χ1) is 26.5. The number of rotatable bonds is 41. The Hall–Kier alpha value is -1.51. The highest BCUT2D eigenvalue weighted by atomic mass is 31.2. The van der Waals surface area contributed by atoms with E-state index in [0.717, 1.165) is 64.2 Å². The zero-order valence-corrected chi connectivity index (χ0v) is 37.3. The summed E-state index contributed by atoms with van der Waals surface area (Å²) in [5.74, 6) is -0.809. The topological polar surface area (TPSA) is 108 Å². The second-order valence-electron chi connectivity index (χ2n) is 16.4. The van der Waals surface area contributed by atoms with E-state index in [-0.39, 0.29) is 32.0 Å². The lowest BCUT2D eigenvalue weighted by atomic mass is 10.1. The van der Waals surface area contributed by atoms with Crippen LogP contribution in [-0.4, -0.2) is 74.9 Å². The predicted octanol–water partition coefficient (Wildman–Crippen LogP) is 12.7. The standard InChI is InChI=1S/C45H86NO8P/c1-6-8-10-12-14-16-18-20-22-23-24-26-28-30-32-34-36-38-45(48)54-43(42-53-55(49,50)52-40-39-46(3,4)5)41-51-44(47)37-35-33-31-29-27-25-21-19-17-15-13-11-9-7-2/h19-22,43H,6-18,23-42H2,1-5H3/p+1/b21-19+,22-20+/t43-/m1/s1. The van der Waals surface area contributed by atoms with Gasteiger partial charge in [0.15, 0.2) is 6.10 Å². The molecule has 0 heterocycles. The maximum Gasteiger partial charge on any atom is 0.472 e. The number of hydrogen-bond donors (Lipinski definition) is 1. The van der Waals surface area contributed by atoms with Gasteiger partial charge in [-0.2, -0.15) is 0 Å². The zero-order valence-electron chi connectivity index (χ0n) is 36.4. The molecule has 0 rings (SSSR count). The van der Waals surface area contributed by atoms with Crippen LogP contribution in [0, 0.1) is 0 Å². The van der Waals surface area contributed by atoms with Crippen LogP contribution < -0.4 is 0 Å². The second kappa shape index (κ2) is 38.0. The van der Waals surface area contributed by atoms with Crippen LogP contribution >= 0.6 is 7.82 Å². The first kappa shape index (κ1) is 53.5. The third-order valence-corrected chi connectivity index (χ3v) is 10.7. The highest BCUT2D eigenvalue weighted by molar-refractivity contribution is 7.47. The average molecular weight is 801 g/mol. The molecule has 2 atom stereocenters. The van der Waals surface area contributed by atoms with E-state index >= 15 is 0 Å². The summed E-state index contributed by atoms with van der Waals surface area (Å²) in [5.41, 5.74) is 0. The van der Waals surface area contributed by atoms with Gasteiger partial charge >= 0.3 is 19.8 Å². The smallest absolute Gasteiger partial charge is 0.462 e. The molecule has 0 aliphatic rings. The number of likely N-dealkylation sites (N-methyl/N-ethyl adjacent to an activating group) is 1. The molecule has 10 heteroatoms. The molecule has 324 valence electrons. The molecule has 0 spiro atoms. The molecule has 0 aromatic rings. The lowest BCUT2D eigenvalue weighted by molar-refractivity contribution is -0.870. The monoisotopic (exact) mass is 801 g/mol. The van der Waals surface area contributed by atoms with Crippen LogP contribution in [0.3, 0.4) is 0 Å². The SMILES string of the molecule is CCCCCCC/C=C/CCCCCCCC(=O)OC[C@H](COP(=O)(O)OCC[N+](C)(C)C)OC(=O)CCCCCCCCC/C=C/CCCCCCCC. The Balaban J connectivity index is 4.35. The molecule has 0 bridgehead atoms. The van der Waals surface area contributed by atoms with Gasteiger partial charge in [-0.05, 0) is 64.2 Å². The van der Waals surface area contributed by atoms with Gasteiger partial charge < -0.3 is 18.9 Å². The number of carbonyl (C=O) groups excluding carboxylic acids is 2. The molecule has 0 aromatic heterocycles. The van der Waals surface area contributed by atoms with E-state index in [0.29, 0.717) is 17.4 Å². The summed E-state index contributed by atoms with van der Waals surface area (Å²) in [6.07, 6.45) is 40.7. The van der Waals surface area contributed by atoms with Crippen molar-refractivity contribution in [2.24, 2.45) is 0 Å². The first-order valence-corrected chi connectivity index (χ1v) is 24.1. The van der Waals surface area contributed by atoms with Crippen LogP contribution in [0.15, 0.2) is 24.3 Å². The molecule has 0 amide bonds. The van der Waals surface area contributed by atoms with E-state index < -0.39 is 26.5 Å². The Morgan fingerprint density at radius 3 is 1.35 bits per heavy atom. The fourth-order valence-electron chi connectivity index (χ4n) is 6.12. The molecule has 1 unspecified atom stereocenters. The van der Waals surface area contributed by atoms with Crippen molar-refractivity contribution in [3.05, 3.63) is 24.3 Å². The second-order valence-corrected chi connectivity index (χ2v) is 17.9. The van der Waals surface area contributed by atoms with Crippen molar-refractivity contribution in [2.45, 2.75) is 206 Å². The van der Waals surface area contributed by atoms with Crippen molar-refractivity contribution in [1.29, 1.82) is 0 Å². The molecule has 0 radical (unpaired) electrons. The molecule has 0 aromatic carbocycles. The fraction of sp³-hybridized carbons (Fsp3) is 0.867. The van der Waals surface area contributed by atoms with Crippen molar-refractivity contribution in [2.75, 3.05) is 47.5 Å². The Kier molecular flexibility index (Phi) is 37.0. The van der Waals surface area contributed by atoms with Gasteiger partial charge in [0.05, 0.1) is 27.7 Å². The van der Waals surface area contributed by atoms with Crippen molar-refractivity contribution >= 4 is 19.8 Å².